The van der Waals surface area contributed by atoms with Crippen LogP contribution in [0.5, 0.6) is 0 Å². The van der Waals surface area contributed by atoms with Gasteiger partial charge in [-0.1, -0.05) is 0 Å². The predicted molar refractivity (Wildman–Crippen MR) is 45.6 cm³/mol. The third-order valence-corrected chi connectivity index (χ3v) is 0.892. The number of hydrogen-bond donors (Lipinski definition) is 3. The Morgan fingerprint density at radius 1 is 1.75 bits per heavy atom. The van der Waals surface area contributed by atoms with E-state index < -0.39 is 6.03 Å². The number of guanidine groups is 1. The molecule has 0 bridgehead atoms. The Kier molecular flexibility index (Phi) is 6.12. The predicted octanol–water partition coefficient (Wildman–Crippen LogP) is -0.252. The fraction of sp³-hybridized carbons (Fsp3) is 0.600. The molecule has 0 aromatic carbocycles. The average Bonchev–Trinajstić information content (AvgIpc) is 2.00. The molecular weight excluding hydrogens is 184 g/mol. The molecule has 0 atom stereocenters. The number of carbonyl (C=O) groups excluding carboxylic acids is 1. The molecule has 0 spiro atoms. The number of rotatable bonds is 3. The molecule has 0 heterocycles. The van der Waals surface area contributed by atoms with Gasteiger partial charge in [0.15, 0.2) is 0 Å². The van der Waals surface area contributed by atoms with E-state index in [2.05, 4.69) is 15.8 Å². The van der Waals surface area contributed by atoms with Gasteiger partial charge in [-0.3, -0.25) is 10.2 Å². The van der Waals surface area contributed by atoms with Crippen LogP contribution in [0.15, 0.2) is 4.99 Å². The molecule has 2 amide bonds. The zero-order valence-electron chi connectivity index (χ0n) is 6.63. The maximum absolute atomic E-state index is 10.3. The molecule has 0 radical (unpaired) electrons. The molecule has 0 aliphatic carbocycles. The van der Waals surface area contributed by atoms with Crippen LogP contribution in [0.2, 0.25) is 0 Å². The second-order valence-electron chi connectivity index (χ2n) is 1.65. The second kappa shape index (κ2) is 6.68. The van der Waals surface area contributed by atoms with Gasteiger partial charge < -0.3 is 5.73 Å². The summed E-state index contributed by atoms with van der Waals surface area (Å²) < 4.78 is 0. The van der Waals surface area contributed by atoms with Crippen molar-refractivity contribution in [1.82, 2.24) is 10.8 Å². The van der Waals surface area contributed by atoms with Crippen molar-refractivity contribution >= 4 is 23.6 Å². The van der Waals surface area contributed by atoms with Crippen LogP contribution in [0.25, 0.3) is 0 Å². The van der Waals surface area contributed by atoms with Gasteiger partial charge in [0, 0.05) is 0 Å². The van der Waals surface area contributed by atoms with Crippen molar-refractivity contribution in [1.29, 1.82) is 0 Å². The highest BCUT2D eigenvalue weighted by Crippen LogP contribution is 1.77. The number of hydroxylamine groups is 1. The Morgan fingerprint density at radius 3 is 2.83 bits per heavy atom. The summed E-state index contributed by atoms with van der Waals surface area (Å²) in [7, 11) is 0. The molecule has 0 aliphatic heterocycles. The highest BCUT2D eigenvalue weighted by molar-refractivity contribution is 6.18. The summed E-state index contributed by atoms with van der Waals surface area (Å²) in [6.07, 6.45) is 0. The average molecular weight is 195 g/mol. The van der Waals surface area contributed by atoms with E-state index >= 15 is 0 Å². The van der Waals surface area contributed by atoms with Gasteiger partial charge in [-0.2, -0.15) is 0 Å². The monoisotopic (exact) mass is 194 g/mol. The molecule has 0 saturated carbocycles. The minimum atomic E-state index is -0.730. The number of nitrogens with two attached hydrogens (primary N) is 1. The summed E-state index contributed by atoms with van der Waals surface area (Å²) in [5, 5.41) is 2.18. The van der Waals surface area contributed by atoms with Gasteiger partial charge in [0.1, 0.15) is 6.00 Å². The van der Waals surface area contributed by atoms with Crippen LogP contribution in [0, 0.1) is 0 Å². The molecule has 12 heavy (non-hydrogen) atoms. The van der Waals surface area contributed by atoms with E-state index in [1.54, 1.807) is 6.92 Å². The SMILES string of the molecule is CCON/C(=N/CCl)NC(N)=O. The number of nitrogens with one attached hydrogen (secondary N) is 2. The highest BCUT2D eigenvalue weighted by Gasteiger charge is 1.99. The number of aliphatic imine (C=N–C) groups is 1. The number of nitrogens with zero attached hydrogens (tertiary/aromatic N) is 1. The van der Waals surface area contributed by atoms with Gasteiger partial charge >= 0.3 is 6.03 Å². The molecular formula is C5H11ClN4O2. The lowest BCUT2D eigenvalue weighted by atomic mass is 10.9. The van der Waals surface area contributed by atoms with E-state index in [-0.39, 0.29) is 12.0 Å². The maximum Gasteiger partial charge on any atom is 0.318 e. The van der Waals surface area contributed by atoms with Crippen molar-refractivity contribution in [2.24, 2.45) is 10.7 Å². The number of halogens is 1. The standard InChI is InChI=1S/C5H11ClN4O2/c1-2-12-10-5(8-3-6)9-4(7)11/h2-3H2,1H3,(H4,7,8,9,10,11). The molecule has 4 N–H and O–H groups in total. The van der Waals surface area contributed by atoms with Crippen molar-refractivity contribution < 1.29 is 9.63 Å². The number of alkyl halides is 1. The lowest BCUT2D eigenvalue weighted by molar-refractivity contribution is 0.0945. The van der Waals surface area contributed by atoms with E-state index in [1.807, 2.05) is 0 Å². The van der Waals surface area contributed by atoms with Crippen molar-refractivity contribution in [2.75, 3.05) is 12.6 Å². The molecule has 0 aromatic heterocycles. The Labute approximate surface area is 75.1 Å². The molecule has 70 valence electrons. The highest BCUT2D eigenvalue weighted by atomic mass is 35.5. The Balaban J connectivity index is 3.87. The number of carbonyl (C=O) groups is 1. The van der Waals surface area contributed by atoms with E-state index in [4.69, 9.17) is 22.2 Å². The zero-order valence-corrected chi connectivity index (χ0v) is 7.39. The molecule has 7 heteroatoms. The smallest absolute Gasteiger partial charge is 0.318 e. The Morgan fingerprint density at radius 2 is 2.42 bits per heavy atom. The summed E-state index contributed by atoms with van der Waals surface area (Å²) in [5.41, 5.74) is 7.18. The molecule has 0 unspecified atom stereocenters. The van der Waals surface area contributed by atoms with Crippen LogP contribution in [0.3, 0.4) is 0 Å². The summed E-state index contributed by atoms with van der Waals surface area (Å²) >= 11 is 5.28. The second-order valence-corrected chi connectivity index (χ2v) is 1.89. The summed E-state index contributed by atoms with van der Waals surface area (Å²) in [6, 6.07) is -0.721. The van der Waals surface area contributed by atoms with Crippen molar-refractivity contribution in [2.45, 2.75) is 6.92 Å². The first-order valence-electron chi connectivity index (χ1n) is 3.25. The summed E-state index contributed by atoms with van der Waals surface area (Å²) in [4.78, 5) is 18.7. The molecule has 0 rings (SSSR count). The third-order valence-electron chi connectivity index (χ3n) is 0.773. The molecule has 6 nitrogen and oxygen atoms in total. The number of urea groups is 1. The minimum absolute atomic E-state index is 0.00961. The van der Waals surface area contributed by atoms with Crippen LogP contribution in [0.1, 0.15) is 6.92 Å². The molecule has 0 saturated heterocycles. The first kappa shape index (κ1) is 11.0. The van der Waals surface area contributed by atoms with E-state index in [9.17, 15) is 4.79 Å². The zero-order chi connectivity index (χ0) is 9.40. The molecule has 0 fully saturated rings. The quantitative estimate of drug-likeness (QED) is 0.190. The van der Waals surface area contributed by atoms with E-state index in [0.717, 1.165) is 0 Å². The third kappa shape index (κ3) is 5.75. The van der Waals surface area contributed by atoms with Gasteiger partial charge in [-0.15, -0.1) is 11.6 Å². The van der Waals surface area contributed by atoms with Crippen LogP contribution < -0.4 is 16.5 Å². The number of primary amides is 1. The lowest BCUT2D eigenvalue weighted by Crippen LogP contribution is -2.43. The largest absolute Gasteiger partial charge is 0.351 e. The summed E-state index contributed by atoms with van der Waals surface area (Å²) in [6.45, 7) is 2.21. The fourth-order valence-corrected chi connectivity index (χ4v) is 0.534. The van der Waals surface area contributed by atoms with Gasteiger partial charge in [0.05, 0.1) is 6.61 Å². The van der Waals surface area contributed by atoms with Crippen LogP contribution in [-0.4, -0.2) is 24.6 Å². The minimum Gasteiger partial charge on any atom is -0.351 e. The number of hydrogen-bond acceptors (Lipinski definition) is 3. The van der Waals surface area contributed by atoms with Crippen LogP contribution in [-0.2, 0) is 4.84 Å². The maximum atomic E-state index is 10.3. The van der Waals surface area contributed by atoms with Gasteiger partial charge in [-0.25, -0.2) is 15.3 Å². The van der Waals surface area contributed by atoms with Gasteiger partial charge in [0.25, 0.3) is 0 Å². The van der Waals surface area contributed by atoms with Crippen molar-refractivity contribution in [3.63, 3.8) is 0 Å². The van der Waals surface area contributed by atoms with E-state index in [1.165, 1.54) is 0 Å². The van der Waals surface area contributed by atoms with Crippen LogP contribution >= 0.6 is 11.6 Å². The normalized spacial score (nSPS) is 11.0. The Hall–Kier alpha value is -1.01. The fourth-order valence-electron chi connectivity index (χ4n) is 0.414. The molecule has 0 aliphatic rings. The molecule has 0 aromatic rings. The number of amides is 2. The van der Waals surface area contributed by atoms with Crippen LogP contribution in [0.4, 0.5) is 4.79 Å². The van der Waals surface area contributed by atoms with Gasteiger partial charge in [-0.05, 0) is 6.92 Å². The first-order valence-corrected chi connectivity index (χ1v) is 3.78. The van der Waals surface area contributed by atoms with Crippen molar-refractivity contribution in [3.05, 3.63) is 0 Å². The lowest BCUT2D eigenvalue weighted by Gasteiger charge is -2.07. The summed E-state index contributed by atoms with van der Waals surface area (Å²) in [5.74, 6) is 0.0966. The topological polar surface area (TPSA) is 88.7 Å². The Bertz CT molecular complexity index is 173. The van der Waals surface area contributed by atoms with Gasteiger partial charge in [0.2, 0.25) is 5.96 Å². The van der Waals surface area contributed by atoms with Crippen molar-refractivity contribution in [3.8, 4) is 0 Å². The first-order chi connectivity index (χ1) is 5.70. The van der Waals surface area contributed by atoms with E-state index in [0.29, 0.717) is 6.61 Å².